The molecule has 0 amide bonds. The van der Waals surface area contributed by atoms with Crippen molar-refractivity contribution in [2.45, 2.75) is 18.4 Å². The van der Waals surface area contributed by atoms with Gasteiger partial charge in [-0.05, 0) is 48.7 Å². The Balaban J connectivity index is 1.85. The highest BCUT2D eigenvalue weighted by atomic mass is 16.5. The molecule has 0 aromatic heterocycles. The quantitative estimate of drug-likeness (QED) is 0.899. The van der Waals surface area contributed by atoms with Crippen molar-refractivity contribution in [2.75, 3.05) is 14.2 Å². The van der Waals surface area contributed by atoms with Crippen LogP contribution in [0.15, 0.2) is 48.5 Å². The molecule has 1 N–H and O–H groups in total. The highest BCUT2D eigenvalue weighted by Crippen LogP contribution is 2.45. The van der Waals surface area contributed by atoms with Crippen LogP contribution in [0.4, 0.5) is 0 Å². The SMILES string of the molecule is CNC1(c2ccc(-c3ccc(OC)cc3)cc2)CC1. The lowest BCUT2D eigenvalue weighted by Crippen LogP contribution is -2.24. The Morgan fingerprint density at radius 2 is 1.42 bits per heavy atom. The van der Waals surface area contributed by atoms with E-state index < -0.39 is 0 Å². The van der Waals surface area contributed by atoms with Gasteiger partial charge < -0.3 is 10.1 Å². The number of hydrogen-bond donors (Lipinski definition) is 1. The molecule has 0 radical (unpaired) electrons. The van der Waals surface area contributed by atoms with Gasteiger partial charge in [-0.2, -0.15) is 0 Å². The van der Waals surface area contributed by atoms with Gasteiger partial charge in [0.05, 0.1) is 7.11 Å². The molecule has 2 aromatic rings. The van der Waals surface area contributed by atoms with Gasteiger partial charge in [-0.25, -0.2) is 0 Å². The molecule has 1 fully saturated rings. The van der Waals surface area contributed by atoms with E-state index in [1.165, 1.54) is 29.5 Å². The molecule has 0 spiro atoms. The molecule has 2 heteroatoms. The predicted octanol–water partition coefficient (Wildman–Crippen LogP) is 3.57. The summed E-state index contributed by atoms with van der Waals surface area (Å²) in [6, 6.07) is 17.1. The summed E-state index contributed by atoms with van der Waals surface area (Å²) in [6.45, 7) is 0. The molecule has 98 valence electrons. The number of nitrogens with one attached hydrogen (secondary N) is 1. The maximum Gasteiger partial charge on any atom is 0.118 e. The van der Waals surface area contributed by atoms with Crippen molar-refractivity contribution in [2.24, 2.45) is 0 Å². The van der Waals surface area contributed by atoms with Crippen LogP contribution in [-0.2, 0) is 5.54 Å². The Kier molecular flexibility index (Phi) is 3.03. The van der Waals surface area contributed by atoms with E-state index in [-0.39, 0.29) is 5.54 Å². The van der Waals surface area contributed by atoms with Crippen LogP contribution in [0, 0.1) is 0 Å². The largest absolute Gasteiger partial charge is 0.497 e. The first kappa shape index (κ1) is 12.2. The predicted molar refractivity (Wildman–Crippen MR) is 78.4 cm³/mol. The minimum atomic E-state index is 0.248. The maximum absolute atomic E-state index is 5.18. The zero-order valence-electron chi connectivity index (χ0n) is 11.4. The zero-order chi connectivity index (χ0) is 13.3. The van der Waals surface area contributed by atoms with E-state index in [1.807, 2.05) is 19.2 Å². The minimum absolute atomic E-state index is 0.248. The van der Waals surface area contributed by atoms with Crippen LogP contribution in [0.25, 0.3) is 11.1 Å². The highest BCUT2D eigenvalue weighted by Gasteiger charge is 2.42. The summed E-state index contributed by atoms with van der Waals surface area (Å²) in [6.07, 6.45) is 2.48. The second-order valence-electron chi connectivity index (χ2n) is 5.14. The molecule has 1 saturated carbocycles. The fourth-order valence-corrected chi connectivity index (χ4v) is 2.57. The van der Waals surface area contributed by atoms with E-state index in [0.29, 0.717) is 0 Å². The van der Waals surface area contributed by atoms with E-state index in [0.717, 1.165) is 5.75 Å². The lowest BCUT2D eigenvalue weighted by atomic mass is 9.99. The molecule has 3 rings (SSSR count). The third-order valence-corrected chi connectivity index (χ3v) is 4.09. The normalized spacial score (nSPS) is 16.1. The summed E-state index contributed by atoms with van der Waals surface area (Å²) < 4.78 is 5.18. The van der Waals surface area contributed by atoms with Crippen molar-refractivity contribution in [1.82, 2.24) is 5.32 Å². The van der Waals surface area contributed by atoms with Crippen molar-refractivity contribution < 1.29 is 4.74 Å². The number of methoxy groups -OCH3 is 1. The molecule has 0 atom stereocenters. The fraction of sp³-hybridized carbons (Fsp3) is 0.294. The molecule has 0 bridgehead atoms. The number of ether oxygens (including phenoxy) is 1. The van der Waals surface area contributed by atoms with Crippen LogP contribution >= 0.6 is 0 Å². The Labute approximate surface area is 114 Å². The van der Waals surface area contributed by atoms with Gasteiger partial charge in [0, 0.05) is 5.54 Å². The van der Waals surface area contributed by atoms with Gasteiger partial charge in [-0.3, -0.25) is 0 Å². The van der Waals surface area contributed by atoms with Crippen molar-refractivity contribution in [3.63, 3.8) is 0 Å². The summed E-state index contributed by atoms with van der Waals surface area (Å²) >= 11 is 0. The molecular weight excluding hydrogens is 234 g/mol. The number of hydrogen-bond acceptors (Lipinski definition) is 2. The van der Waals surface area contributed by atoms with Crippen molar-refractivity contribution in [3.05, 3.63) is 54.1 Å². The minimum Gasteiger partial charge on any atom is -0.497 e. The average Bonchev–Trinajstić information content (AvgIpc) is 3.29. The van der Waals surface area contributed by atoms with Crippen LogP contribution in [0.2, 0.25) is 0 Å². The first-order valence-electron chi connectivity index (χ1n) is 6.71. The van der Waals surface area contributed by atoms with E-state index >= 15 is 0 Å². The third-order valence-electron chi connectivity index (χ3n) is 4.09. The molecule has 1 aliphatic carbocycles. The Hall–Kier alpha value is -1.80. The molecule has 0 aliphatic heterocycles. The Morgan fingerprint density at radius 3 is 1.84 bits per heavy atom. The standard InChI is InChI=1S/C17H19NO/c1-18-17(11-12-17)15-7-3-13(4-8-15)14-5-9-16(19-2)10-6-14/h3-10,18H,11-12H2,1-2H3. The first-order valence-corrected chi connectivity index (χ1v) is 6.71. The summed E-state index contributed by atoms with van der Waals surface area (Å²) in [5, 5.41) is 3.43. The highest BCUT2D eigenvalue weighted by molar-refractivity contribution is 5.64. The molecule has 0 heterocycles. The van der Waals surface area contributed by atoms with Gasteiger partial charge >= 0.3 is 0 Å². The molecule has 19 heavy (non-hydrogen) atoms. The summed E-state index contributed by atoms with van der Waals surface area (Å²) in [5.74, 6) is 0.896. The topological polar surface area (TPSA) is 21.3 Å². The van der Waals surface area contributed by atoms with E-state index in [4.69, 9.17) is 4.74 Å². The monoisotopic (exact) mass is 253 g/mol. The number of benzene rings is 2. The molecular formula is C17H19NO. The van der Waals surface area contributed by atoms with Gasteiger partial charge in [-0.1, -0.05) is 36.4 Å². The summed E-state index contributed by atoms with van der Waals surface area (Å²) in [4.78, 5) is 0. The molecule has 2 aromatic carbocycles. The Bertz CT molecular complexity index is 553. The number of rotatable bonds is 4. The van der Waals surface area contributed by atoms with Gasteiger partial charge in [0.15, 0.2) is 0 Å². The maximum atomic E-state index is 5.18. The van der Waals surface area contributed by atoms with Crippen LogP contribution < -0.4 is 10.1 Å². The first-order chi connectivity index (χ1) is 9.27. The third kappa shape index (κ3) is 2.24. The summed E-state index contributed by atoms with van der Waals surface area (Å²) in [5.41, 5.74) is 4.12. The Morgan fingerprint density at radius 1 is 0.895 bits per heavy atom. The molecule has 2 nitrogen and oxygen atoms in total. The van der Waals surface area contributed by atoms with Crippen LogP contribution in [0.5, 0.6) is 5.75 Å². The van der Waals surface area contributed by atoms with Crippen molar-refractivity contribution in [1.29, 1.82) is 0 Å². The second kappa shape index (κ2) is 4.71. The van der Waals surface area contributed by atoms with Crippen LogP contribution in [0.1, 0.15) is 18.4 Å². The van der Waals surface area contributed by atoms with Gasteiger partial charge in [0.2, 0.25) is 0 Å². The lowest BCUT2D eigenvalue weighted by molar-refractivity contribution is 0.415. The zero-order valence-corrected chi connectivity index (χ0v) is 11.4. The molecule has 0 saturated heterocycles. The van der Waals surface area contributed by atoms with Crippen molar-refractivity contribution in [3.8, 4) is 16.9 Å². The van der Waals surface area contributed by atoms with E-state index in [9.17, 15) is 0 Å². The van der Waals surface area contributed by atoms with E-state index in [2.05, 4.69) is 41.7 Å². The van der Waals surface area contributed by atoms with Crippen LogP contribution in [0.3, 0.4) is 0 Å². The van der Waals surface area contributed by atoms with Crippen LogP contribution in [-0.4, -0.2) is 14.2 Å². The average molecular weight is 253 g/mol. The van der Waals surface area contributed by atoms with Gasteiger partial charge in [-0.15, -0.1) is 0 Å². The smallest absolute Gasteiger partial charge is 0.118 e. The lowest BCUT2D eigenvalue weighted by Gasteiger charge is -2.15. The van der Waals surface area contributed by atoms with E-state index in [1.54, 1.807) is 7.11 Å². The second-order valence-corrected chi connectivity index (χ2v) is 5.14. The molecule has 0 unspecified atom stereocenters. The van der Waals surface area contributed by atoms with Crippen molar-refractivity contribution >= 4 is 0 Å². The molecule has 1 aliphatic rings. The fourth-order valence-electron chi connectivity index (χ4n) is 2.57. The van der Waals surface area contributed by atoms with Gasteiger partial charge in [0.1, 0.15) is 5.75 Å². The summed E-state index contributed by atoms with van der Waals surface area (Å²) in [7, 11) is 3.74. The van der Waals surface area contributed by atoms with Gasteiger partial charge in [0.25, 0.3) is 0 Å².